The summed E-state index contributed by atoms with van der Waals surface area (Å²) in [5, 5.41) is 0. The molecular formula is C21H25N3O3. The number of hydrogen-bond acceptors (Lipinski definition) is 5. The van der Waals surface area contributed by atoms with Gasteiger partial charge in [0.05, 0.1) is 0 Å². The largest absolute Gasteiger partial charge is 0.484 e. The summed E-state index contributed by atoms with van der Waals surface area (Å²) in [5.41, 5.74) is 7.68. The highest BCUT2D eigenvalue weighted by atomic mass is 16.6. The molecule has 0 spiro atoms. The fourth-order valence-electron chi connectivity index (χ4n) is 3.80. The van der Waals surface area contributed by atoms with Gasteiger partial charge in [-0.2, -0.15) is 0 Å². The molecule has 1 atom stereocenters. The van der Waals surface area contributed by atoms with Crippen LogP contribution in [0.4, 0.5) is 0 Å². The Morgan fingerprint density at radius 1 is 1.19 bits per heavy atom. The van der Waals surface area contributed by atoms with Crippen molar-refractivity contribution in [3.8, 4) is 11.6 Å². The number of nitrogens with two attached hydrogens (primary N) is 1. The van der Waals surface area contributed by atoms with Gasteiger partial charge in [0.2, 0.25) is 5.91 Å². The lowest BCUT2D eigenvalue weighted by Gasteiger charge is -2.31. The molecule has 2 N–H and O–H groups in total. The molecule has 1 saturated heterocycles. The van der Waals surface area contributed by atoms with E-state index in [0.717, 1.165) is 38.0 Å². The highest BCUT2D eigenvalue weighted by Crippen LogP contribution is 2.34. The number of benzene rings is 1. The van der Waals surface area contributed by atoms with Gasteiger partial charge in [-0.3, -0.25) is 9.69 Å². The Bertz CT molecular complexity index is 786. The number of fused-ring (bicyclic) bond motifs is 1. The van der Waals surface area contributed by atoms with Gasteiger partial charge in [0.15, 0.2) is 11.9 Å². The number of nitrogens with zero attached hydrogens (tertiary/aromatic N) is 2. The van der Waals surface area contributed by atoms with Crippen molar-refractivity contribution in [1.82, 2.24) is 9.88 Å². The highest BCUT2D eigenvalue weighted by molar-refractivity contribution is 5.73. The molecule has 0 radical (unpaired) electrons. The molecule has 6 nitrogen and oxygen atoms in total. The summed E-state index contributed by atoms with van der Waals surface area (Å²) >= 11 is 0. The molecule has 1 amide bonds. The van der Waals surface area contributed by atoms with E-state index in [9.17, 15) is 4.79 Å². The van der Waals surface area contributed by atoms with Crippen molar-refractivity contribution in [2.45, 2.75) is 31.9 Å². The lowest BCUT2D eigenvalue weighted by atomic mass is 9.93. The molecule has 142 valence electrons. The van der Waals surface area contributed by atoms with Crippen LogP contribution in [0.25, 0.3) is 0 Å². The lowest BCUT2D eigenvalue weighted by molar-refractivity contribution is -0.119. The van der Waals surface area contributed by atoms with Gasteiger partial charge in [-0.1, -0.05) is 24.3 Å². The normalized spacial score (nSPS) is 20.4. The Labute approximate surface area is 159 Å². The van der Waals surface area contributed by atoms with Gasteiger partial charge in [0, 0.05) is 19.2 Å². The summed E-state index contributed by atoms with van der Waals surface area (Å²) in [6, 6.07) is 12.2. The molecule has 0 unspecified atom stereocenters. The Hall–Kier alpha value is -2.60. The molecule has 6 heteroatoms. The molecule has 3 heterocycles. The van der Waals surface area contributed by atoms with Crippen molar-refractivity contribution in [3.05, 3.63) is 53.7 Å². The van der Waals surface area contributed by atoms with E-state index in [-0.39, 0.29) is 12.0 Å². The second-order valence-electron chi connectivity index (χ2n) is 7.36. The topological polar surface area (TPSA) is 77.7 Å². The maximum Gasteiger partial charge on any atom is 0.257 e. The Balaban J connectivity index is 1.32. The standard InChI is InChI=1S/C21H25N3O3/c22-20(25)12-15-7-10-24(11-8-15)13-16-3-5-17(6-4-16)19-14-26-18-2-1-9-23-21(18)27-19/h1-6,9,15,19H,7-8,10-14H2,(H2,22,25)/t19-/m1/s1. The van der Waals surface area contributed by atoms with Gasteiger partial charge in [-0.25, -0.2) is 4.98 Å². The summed E-state index contributed by atoms with van der Waals surface area (Å²) in [4.78, 5) is 17.7. The second-order valence-corrected chi connectivity index (χ2v) is 7.36. The SMILES string of the molecule is NC(=O)CC1CCN(Cc2ccc([C@H]3COc4cccnc4O3)cc2)CC1. The minimum Gasteiger partial charge on any atom is -0.484 e. The van der Waals surface area contributed by atoms with Gasteiger partial charge < -0.3 is 15.2 Å². The maximum atomic E-state index is 11.1. The minimum atomic E-state index is -0.184. The van der Waals surface area contributed by atoms with Crippen molar-refractivity contribution >= 4 is 5.91 Å². The number of amides is 1. The van der Waals surface area contributed by atoms with E-state index in [2.05, 4.69) is 34.1 Å². The molecule has 0 saturated carbocycles. The summed E-state index contributed by atoms with van der Waals surface area (Å²) in [6.07, 6.45) is 4.18. The van der Waals surface area contributed by atoms with Crippen molar-refractivity contribution in [2.75, 3.05) is 19.7 Å². The molecule has 2 aliphatic heterocycles. The van der Waals surface area contributed by atoms with Crippen molar-refractivity contribution in [1.29, 1.82) is 0 Å². The average molecular weight is 367 g/mol. The van der Waals surface area contributed by atoms with Crippen LogP contribution >= 0.6 is 0 Å². The molecule has 1 aromatic carbocycles. The molecule has 0 aliphatic carbocycles. The Morgan fingerprint density at radius 2 is 1.96 bits per heavy atom. The van der Waals surface area contributed by atoms with Crippen LogP contribution in [-0.2, 0) is 11.3 Å². The molecule has 4 rings (SSSR count). The summed E-state index contributed by atoms with van der Waals surface area (Å²) in [6.45, 7) is 3.45. The first-order valence-corrected chi connectivity index (χ1v) is 9.51. The maximum absolute atomic E-state index is 11.1. The number of ether oxygens (including phenoxy) is 2. The monoisotopic (exact) mass is 367 g/mol. The van der Waals surface area contributed by atoms with Crippen LogP contribution in [0.1, 0.15) is 36.5 Å². The van der Waals surface area contributed by atoms with Crippen LogP contribution in [0.15, 0.2) is 42.6 Å². The van der Waals surface area contributed by atoms with Crippen molar-refractivity contribution in [2.24, 2.45) is 11.7 Å². The number of piperidine rings is 1. The number of carbonyl (C=O) groups is 1. The predicted molar refractivity (Wildman–Crippen MR) is 101 cm³/mol. The van der Waals surface area contributed by atoms with Crippen molar-refractivity contribution < 1.29 is 14.3 Å². The minimum absolute atomic E-state index is 0.133. The zero-order valence-electron chi connectivity index (χ0n) is 15.3. The van der Waals surface area contributed by atoms with Gasteiger partial charge in [-0.15, -0.1) is 0 Å². The number of carbonyl (C=O) groups excluding carboxylic acids is 1. The highest BCUT2D eigenvalue weighted by Gasteiger charge is 2.24. The third-order valence-corrected chi connectivity index (χ3v) is 5.34. The van der Waals surface area contributed by atoms with Crippen molar-refractivity contribution in [3.63, 3.8) is 0 Å². The second kappa shape index (κ2) is 7.96. The van der Waals surface area contributed by atoms with E-state index in [1.807, 2.05) is 12.1 Å². The molecular weight excluding hydrogens is 342 g/mol. The van der Waals surface area contributed by atoms with Crippen LogP contribution in [0.3, 0.4) is 0 Å². The molecule has 27 heavy (non-hydrogen) atoms. The van der Waals surface area contributed by atoms with E-state index < -0.39 is 0 Å². The fourth-order valence-corrected chi connectivity index (χ4v) is 3.80. The van der Waals surface area contributed by atoms with Gasteiger partial charge >= 0.3 is 0 Å². The first-order valence-electron chi connectivity index (χ1n) is 9.51. The van der Waals surface area contributed by atoms with Crippen LogP contribution in [-0.4, -0.2) is 35.5 Å². The third-order valence-electron chi connectivity index (χ3n) is 5.34. The quantitative estimate of drug-likeness (QED) is 0.879. The van der Waals surface area contributed by atoms with E-state index in [4.69, 9.17) is 15.2 Å². The summed E-state index contributed by atoms with van der Waals surface area (Å²) < 4.78 is 11.7. The molecule has 1 aromatic heterocycles. The zero-order chi connectivity index (χ0) is 18.6. The van der Waals surface area contributed by atoms with Gasteiger partial charge in [-0.05, 0) is 55.1 Å². The van der Waals surface area contributed by atoms with E-state index in [1.54, 1.807) is 6.20 Å². The number of primary amides is 1. The number of hydrogen-bond donors (Lipinski definition) is 1. The van der Waals surface area contributed by atoms with Crippen LogP contribution in [0.2, 0.25) is 0 Å². The van der Waals surface area contributed by atoms with Gasteiger partial charge in [0.1, 0.15) is 6.61 Å². The van der Waals surface area contributed by atoms with Crippen LogP contribution in [0, 0.1) is 5.92 Å². The Morgan fingerprint density at radius 3 is 2.70 bits per heavy atom. The first kappa shape index (κ1) is 17.8. The average Bonchev–Trinajstić information content (AvgIpc) is 2.69. The summed E-state index contributed by atoms with van der Waals surface area (Å²) in [7, 11) is 0. The van der Waals surface area contributed by atoms with E-state index in [0.29, 0.717) is 30.6 Å². The van der Waals surface area contributed by atoms with E-state index in [1.165, 1.54) is 5.56 Å². The Kier molecular flexibility index (Phi) is 5.25. The number of likely N-dealkylation sites (tertiary alicyclic amines) is 1. The molecule has 0 bridgehead atoms. The van der Waals surface area contributed by atoms with E-state index >= 15 is 0 Å². The number of aromatic nitrogens is 1. The molecule has 2 aliphatic rings. The number of pyridine rings is 1. The van der Waals surface area contributed by atoms with Gasteiger partial charge in [0.25, 0.3) is 5.88 Å². The van der Waals surface area contributed by atoms with Crippen LogP contribution in [0.5, 0.6) is 11.6 Å². The lowest BCUT2D eigenvalue weighted by Crippen LogP contribution is -2.34. The smallest absolute Gasteiger partial charge is 0.257 e. The first-order chi connectivity index (χ1) is 13.2. The predicted octanol–water partition coefficient (Wildman–Crippen LogP) is 2.68. The third kappa shape index (κ3) is 4.39. The summed E-state index contributed by atoms with van der Waals surface area (Å²) in [5.74, 6) is 1.51. The molecule has 2 aromatic rings. The van der Waals surface area contributed by atoms with Crippen LogP contribution < -0.4 is 15.2 Å². The fraction of sp³-hybridized carbons (Fsp3) is 0.429. The molecule has 1 fully saturated rings. The number of rotatable bonds is 5. The zero-order valence-corrected chi connectivity index (χ0v) is 15.3.